The van der Waals surface area contributed by atoms with E-state index < -0.39 is 0 Å². The Morgan fingerprint density at radius 1 is 1.22 bits per heavy atom. The van der Waals surface area contributed by atoms with Crippen molar-refractivity contribution < 1.29 is 9.53 Å². The van der Waals surface area contributed by atoms with Crippen LogP contribution < -0.4 is 4.74 Å². The minimum atomic E-state index is -0.216. The molecule has 0 N–H and O–H groups in total. The maximum Gasteiger partial charge on any atom is 0.233 e. The number of hydrogen-bond donors (Lipinski definition) is 0. The number of carbonyl (C=O) groups is 1. The van der Waals surface area contributed by atoms with Gasteiger partial charge in [-0.05, 0) is 24.6 Å². The average Bonchev–Trinajstić information content (AvgIpc) is 2.41. The van der Waals surface area contributed by atoms with Crippen molar-refractivity contribution in [3.8, 4) is 5.88 Å². The van der Waals surface area contributed by atoms with Crippen LogP contribution in [0, 0.1) is 6.92 Å². The van der Waals surface area contributed by atoms with E-state index in [2.05, 4.69) is 10.2 Å². The van der Waals surface area contributed by atoms with Gasteiger partial charge in [0.05, 0.1) is 7.11 Å². The van der Waals surface area contributed by atoms with Gasteiger partial charge in [0.1, 0.15) is 5.69 Å². The first-order valence-electron chi connectivity index (χ1n) is 5.30. The number of methoxy groups -OCH3 is 1. The second-order valence-corrected chi connectivity index (χ2v) is 4.16. The number of carbonyl (C=O) groups excluding carboxylic acids is 1. The van der Waals surface area contributed by atoms with Crippen LogP contribution in [0.2, 0.25) is 5.02 Å². The molecule has 5 heteroatoms. The van der Waals surface area contributed by atoms with E-state index in [1.807, 2.05) is 6.92 Å². The van der Waals surface area contributed by atoms with E-state index in [4.69, 9.17) is 16.3 Å². The quantitative estimate of drug-likeness (QED) is 0.798. The topological polar surface area (TPSA) is 52.1 Å². The smallest absolute Gasteiger partial charge is 0.233 e. The van der Waals surface area contributed by atoms with Crippen molar-refractivity contribution in [3.05, 3.63) is 52.2 Å². The van der Waals surface area contributed by atoms with E-state index in [9.17, 15) is 4.79 Å². The normalized spacial score (nSPS) is 10.2. The third kappa shape index (κ3) is 2.49. The number of aromatic nitrogens is 2. The van der Waals surface area contributed by atoms with Crippen molar-refractivity contribution in [1.82, 2.24) is 10.2 Å². The molecule has 0 radical (unpaired) electrons. The van der Waals surface area contributed by atoms with E-state index in [1.54, 1.807) is 30.3 Å². The van der Waals surface area contributed by atoms with Gasteiger partial charge in [-0.1, -0.05) is 23.7 Å². The van der Waals surface area contributed by atoms with E-state index in [0.717, 1.165) is 5.56 Å². The summed E-state index contributed by atoms with van der Waals surface area (Å²) in [5.41, 5.74) is 1.68. The molecule has 0 atom stereocenters. The summed E-state index contributed by atoms with van der Waals surface area (Å²) in [5.74, 6) is 0.153. The lowest BCUT2D eigenvalue weighted by molar-refractivity contribution is 0.103. The van der Waals surface area contributed by atoms with Crippen LogP contribution in [0.15, 0.2) is 30.3 Å². The standard InChI is InChI=1S/C13H11ClN2O2/c1-8-3-4-9(7-10(8)14)13(17)11-5-6-12(18-2)16-15-11/h3-7H,1-2H3. The Hall–Kier alpha value is -1.94. The lowest BCUT2D eigenvalue weighted by Gasteiger charge is -2.03. The number of nitrogens with zero attached hydrogens (tertiary/aromatic N) is 2. The van der Waals surface area contributed by atoms with Crippen molar-refractivity contribution in [2.45, 2.75) is 6.92 Å². The summed E-state index contributed by atoms with van der Waals surface area (Å²) in [4.78, 5) is 12.1. The molecule has 0 fully saturated rings. The third-order valence-corrected chi connectivity index (χ3v) is 2.92. The van der Waals surface area contributed by atoms with Gasteiger partial charge in [-0.25, -0.2) is 0 Å². The van der Waals surface area contributed by atoms with Gasteiger partial charge in [-0.3, -0.25) is 4.79 Å². The van der Waals surface area contributed by atoms with Crippen LogP contribution in [0.1, 0.15) is 21.6 Å². The molecule has 0 amide bonds. The molecule has 4 nitrogen and oxygen atoms in total. The van der Waals surface area contributed by atoms with E-state index in [1.165, 1.54) is 7.11 Å². The van der Waals surface area contributed by atoms with E-state index in [-0.39, 0.29) is 11.5 Å². The molecule has 0 aliphatic heterocycles. The highest BCUT2D eigenvalue weighted by atomic mass is 35.5. The fourth-order valence-corrected chi connectivity index (χ4v) is 1.61. The van der Waals surface area contributed by atoms with E-state index in [0.29, 0.717) is 16.5 Å². The van der Waals surface area contributed by atoms with Crippen LogP contribution in [0.25, 0.3) is 0 Å². The van der Waals surface area contributed by atoms with Crippen molar-refractivity contribution in [2.75, 3.05) is 7.11 Å². The van der Waals surface area contributed by atoms with Crippen LogP contribution >= 0.6 is 11.6 Å². The van der Waals surface area contributed by atoms with Crippen molar-refractivity contribution in [1.29, 1.82) is 0 Å². The highest BCUT2D eigenvalue weighted by Crippen LogP contribution is 2.18. The van der Waals surface area contributed by atoms with Crippen LogP contribution in [-0.2, 0) is 0 Å². The number of rotatable bonds is 3. The third-order valence-electron chi connectivity index (χ3n) is 2.52. The summed E-state index contributed by atoms with van der Waals surface area (Å²) in [6.07, 6.45) is 0. The molecular weight excluding hydrogens is 252 g/mol. The zero-order valence-electron chi connectivity index (χ0n) is 9.98. The molecule has 2 aromatic rings. The van der Waals surface area contributed by atoms with Gasteiger partial charge in [0.25, 0.3) is 0 Å². The summed E-state index contributed by atoms with van der Waals surface area (Å²) >= 11 is 5.98. The number of benzene rings is 1. The maximum absolute atomic E-state index is 12.1. The predicted octanol–water partition coefficient (Wildman–Crippen LogP) is 2.68. The number of hydrogen-bond acceptors (Lipinski definition) is 4. The van der Waals surface area contributed by atoms with Gasteiger partial charge in [-0.15, -0.1) is 10.2 Å². The molecule has 1 aromatic heterocycles. The molecular formula is C13H11ClN2O2. The number of aryl methyl sites for hydroxylation is 1. The average molecular weight is 263 g/mol. The first-order valence-corrected chi connectivity index (χ1v) is 5.68. The summed E-state index contributed by atoms with van der Waals surface area (Å²) in [7, 11) is 1.49. The molecule has 18 heavy (non-hydrogen) atoms. The minimum absolute atomic E-state index is 0.216. The monoisotopic (exact) mass is 262 g/mol. The van der Waals surface area contributed by atoms with Gasteiger partial charge >= 0.3 is 0 Å². The molecule has 0 aliphatic carbocycles. The minimum Gasteiger partial charge on any atom is -0.480 e. The lowest BCUT2D eigenvalue weighted by atomic mass is 10.1. The summed E-state index contributed by atoms with van der Waals surface area (Å²) < 4.78 is 4.88. The summed E-state index contributed by atoms with van der Waals surface area (Å²) in [6.45, 7) is 1.88. The highest BCUT2D eigenvalue weighted by molar-refractivity contribution is 6.31. The molecule has 0 bridgehead atoms. The van der Waals surface area contributed by atoms with Gasteiger partial charge in [0.15, 0.2) is 0 Å². The largest absolute Gasteiger partial charge is 0.480 e. The predicted molar refractivity (Wildman–Crippen MR) is 68.2 cm³/mol. The Morgan fingerprint density at radius 3 is 2.56 bits per heavy atom. The van der Waals surface area contributed by atoms with Crippen LogP contribution in [0.3, 0.4) is 0 Å². The van der Waals surface area contributed by atoms with Gasteiger partial charge in [0, 0.05) is 16.7 Å². The first kappa shape index (κ1) is 12.5. The first-order chi connectivity index (χ1) is 8.61. The second-order valence-electron chi connectivity index (χ2n) is 3.75. The number of ketones is 1. The van der Waals surface area contributed by atoms with Crippen molar-refractivity contribution in [2.24, 2.45) is 0 Å². The Kier molecular flexibility index (Phi) is 3.58. The van der Waals surface area contributed by atoms with E-state index >= 15 is 0 Å². The zero-order valence-corrected chi connectivity index (χ0v) is 10.7. The number of ether oxygens (including phenoxy) is 1. The highest BCUT2D eigenvalue weighted by Gasteiger charge is 2.12. The van der Waals surface area contributed by atoms with Crippen LogP contribution in [0.4, 0.5) is 0 Å². The Morgan fingerprint density at radius 2 is 2.00 bits per heavy atom. The molecule has 0 unspecified atom stereocenters. The second kappa shape index (κ2) is 5.14. The van der Waals surface area contributed by atoms with Crippen molar-refractivity contribution >= 4 is 17.4 Å². The fourth-order valence-electron chi connectivity index (χ4n) is 1.43. The Labute approximate surface area is 110 Å². The van der Waals surface area contributed by atoms with Crippen LogP contribution in [-0.4, -0.2) is 23.1 Å². The molecule has 1 aromatic carbocycles. The molecule has 1 heterocycles. The molecule has 2 rings (SSSR count). The molecule has 92 valence electrons. The van der Waals surface area contributed by atoms with Gasteiger partial charge in [-0.2, -0.15) is 0 Å². The molecule has 0 saturated carbocycles. The van der Waals surface area contributed by atoms with Crippen LogP contribution in [0.5, 0.6) is 5.88 Å². The summed E-state index contributed by atoms with van der Waals surface area (Å²) in [6, 6.07) is 8.31. The molecule has 0 saturated heterocycles. The number of halogens is 1. The molecule has 0 spiro atoms. The lowest BCUT2D eigenvalue weighted by Crippen LogP contribution is -2.06. The zero-order chi connectivity index (χ0) is 13.1. The maximum atomic E-state index is 12.1. The summed E-state index contributed by atoms with van der Waals surface area (Å²) in [5, 5.41) is 8.13. The Balaban J connectivity index is 2.32. The van der Waals surface area contributed by atoms with Crippen molar-refractivity contribution in [3.63, 3.8) is 0 Å². The van der Waals surface area contributed by atoms with Gasteiger partial charge in [0.2, 0.25) is 11.7 Å². The SMILES string of the molecule is COc1ccc(C(=O)c2ccc(C)c(Cl)c2)nn1. The Bertz CT molecular complexity index is 582. The van der Waals surface area contributed by atoms with Gasteiger partial charge < -0.3 is 4.74 Å². The molecule has 0 aliphatic rings. The fraction of sp³-hybridized carbons (Fsp3) is 0.154.